The molecular formula is C18H17N3O. The molecule has 4 nitrogen and oxygen atoms in total. The highest BCUT2D eigenvalue weighted by Gasteiger charge is 2.26. The number of benzene rings is 2. The van der Waals surface area contributed by atoms with Gasteiger partial charge in [-0.05, 0) is 36.5 Å². The van der Waals surface area contributed by atoms with E-state index in [0.29, 0.717) is 0 Å². The average molecular weight is 291 g/mol. The molecular weight excluding hydrogens is 274 g/mol. The fourth-order valence-electron chi connectivity index (χ4n) is 3.32. The highest BCUT2D eigenvalue weighted by molar-refractivity contribution is 6.02. The monoisotopic (exact) mass is 291 g/mol. The van der Waals surface area contributed by atoms with Gasteiger partial charge in [-0.25, -0.2) is 0 Å². The van der Waals surface area contributed by atoms with Gasteiger partial charge in [-0.2, -0.15) is 5.10 Å². The summed E-state index contributed by atoms with van der Waals surface area (Å²) in [6, 6.07) is 14.1. The molecule has 1 aliphatic carbocycles. The second-order valence-electron chi connectivity index (χ2n) is 5.77. The summed E-state index contributed by atoms with van der Waals surface area (Å²) in [5.74, 6) is -0.00243. The number of hydrogen-bond donors (Lipinski definition) is 2. The highest BCUT2D eigenvalue weighted by atomic mass is 16.1. The van der Waals surface area contributed by atoms with Crippen LogP contribution in [-0.2, 0) is 11.2 Å². The smallest absolute Gasteiger partial charge is 0.231 e. The van der Waals surface area contributed by atoms with E-state index in [4.69, 9.17) is 0 Å². The van der Waals surface area contributed by atoms with Gasteiger partial charge in [0.05, 0.1) is 23.3 Å². The zero-order valence-electron chi connectivity index (χ0n) is 12.2. The SMILES string of the molecule is O=C(Nc1cccc2cn[nH]c12)C1CCCc2ccccc21. The van der Waals surface area contributed by atoms with Crippen LogP contribution in [0.1, 0.15) is 29.9 Å². The lowest BCUT2D eigenvalue weighted by Gasteiger charge is -2.24. The second kappa shape index (κ2) is 5.30. The van der Waals surface area contributed by atoms with E-state index in [2.05, 4.69) is 27.6 Å². The van der Waals surface area contributed by atoms with E-state index in [-0.39, 0.29) is 11.8 Å². The maximum atomic E-state index is 12.8. The number of hydrogen-bond acceptors (Lipinski definition) is 2. The van der Waals surface area contributed by atoms with Crippen LogP contribution in [-0.4, -0.2) is 16.1 Å². The van der Waals surface area contributed by atoms with Crippen LogP contribution >= 0.6 is 0 Å². The molecule has 110 valence electrons. The average Bonchev–Trinajstić information content (AvgIpc) is 3.04. The number of anilines is 1. The van der Waals surface area contributed by atoms with Crippen LogP contribution in [0.3, 0.4) is 0 Å². The summed E-state index contributed by atoms with van der Waals surface area (Å²) in [4.78, 5) is 12.8. The van der Waals surface area contributed by atoms with Crippen LogP contribution in [0.4, 0.5) is 5.69 Å². The molecule has 1 unspecified atom stereocenters. The van der Waals surface area contributed by atoms with Gasteiger partial charge in [0.2, 0.25) is 5.91 Å². The Morgan fingerprint density at radius 2 is 2.09 bits per heavy atom. The summed E-state index contributed by atoms with van der Waals surface area (Å²) >= 11 is 0. The van der Waals surface area contributed by atoms with Crippen LogP contribution in [0, 0.1) is 0 Å². The zero-order chi connectivity index (χ0) is 14.9. The molecule has 4 rings (SSSR count). The van der Waals surface area contributed by atoms with E-state index < -0.39 is 0 Å². The topological polar surface area (TPSA) is 57.8 Å². The Kier molecular flexibility index (Phi) is 3.15. The van der Waals surface area contributed by atoms with Gasteiger partial charge in [-0.15, -0.1) is 0 Å². The summed E-state index contributed by atoms with van der Waals surface area (Å²) in [6.07, 6.45) is 4.79. The van der Waals surface area contributed by atoms with Crippen molar-refractivity contribution in [2.24, 2.45) is 0 Å². The minimum Gasteiger partial charge on any atom is -0.324 e. The van der Waals surface area contributed by atoms with Gasteiger partial charge in [0, 0.05) is 5.39 Å². The highest BCUT2D eigenvalue weighted by Crippen LogP contribution is 2.33. The molecule has 1 atom stereocenters. The molecule has 0 fully saturated rings. The number of aryl methyl sites for hydroxylation is 1. The van der Waals surface area contributed by atoms with Gasteiger partial charge in [-0.3, -0.25) is 9.89 Å². The van der Waals surface area contributed by atoms with E-state index in [0.717, 1.165) is 35.9 Å². The molecule has 1 heterocycles. The summed E-state index contributed by atoms with van der Waals surface area (Å²) in [6.45, 7) is 0. The summed E-state index contributed by atoms with van der Waals surface area (Å²) < 4.78 is 0. The van der Waals surface area contributed by atoms with Crippen molar-refractivity contribution in [1.29, 1.82) is 0 Å². The summed E-state index contributed by atoms with van der Waals surface area (Å²) in [5, 5.41) is 11.1. The Hall–Kier alpha value is -2.62. The molecule has 1 amide bonds. The van der Waals surface area contributed by atoms with Gasteiger partial charge in [0.25, 0.3) is 0 Å². The zero-order valence-corrected chi connectivity index (χ0v) is 12.2. The summed E-state index contributed by atoms with van der Waals surface area (Å²) in [5.41, 5.74) is 4.14. The number of fused-ring (bicyclic) bond motifs is 2. The van der Waals surface area contributed by atoms with Gasteiger partial charge >= 0.3 is 0 Å². The lowest BCUT2D eigenvalue weighted by molar-refractivity contribution is -0.117. The molecule has 0 saturated carbocycles. The normalized spacial score (nSPS) is 17.2. The fourth-order valence-corrected chi connectivity index (χ4v) is 3.32. The van der Waals surface area contributed by atoms with Crippen LogP contribution in [0.15, 0.2) is 48.7 Å². The van der Waals surface area contributed by atoms with Crippen molar-refractivity contribution in [2.75, 3.05) is 5.32 Å². The van der Waals surface area contributed by atoms with Gasteiger partial charge in [-0.1, -0.05) is 36.4 Å². The van der Waals surface area contributed by atoms with Crippen molar-refractivity contribution in [3.05, 3.63) is 59.8 Å². The number of H-pyrrole nitrogens is 1. The number of nitrogens with one attached hydrogen (secondary N) is 2. The molecule has 3 aromatic rings. The maximum absolute atomic E-state index is 12.8. The van der Waals surface area contributed by atoms with Crippen molar-refractivity contribution in [3.8, 4) is 0 Å². The third-order valence-corrected chi connectivity index (χ3v) is 4.42. The van der Waals surface area contributed by atoms with Gasteiger partial charge in [0.1, 0.15) is 0 Å². The number of carbonyl (C=O) groups excluding carboxylic acids is 1. The Morgan fingerprint density at radius 1 is 1.18 bits per heavy atom. The van der Waals surface area contributed by atoms with Crippen molar-refractivity contribution in [2.45, 2.75) is 25.2 Å². The van der Waals surface area contributed by atoms with E-state index in [1.54, 1.807) is 6.20 Å². The van der Waals surface area contributed by atoms with Gasteiger partial charge in [0.15, 0.2) is 0 Å². The van der Waals surface area contributed by atoms with Gasteiger partial charge < -0.3 is 5.32 Å². The first kappa shape index (κ1) is 13.1. The molecule has 2 N–H and O–H groups in total. The van der Waals surface area contributed by atoms with E-state index in [9.17, 15) is 4.79 Å². The number of amides is 1. The summed E-state index contributed by atoms with van der Waals surface area (Å²) in [7, 11) is 0. The van der Waals surface area contributed by atoms with Crippen LogP contribution < -0.4 is 5.32 Å². The van der Waals surface area contributed by atoms with Crippen molar-refractivity contribution in [1.82, 2.24) is 10.2 Å². The number of carbonyl (C=O) groups is 1. The Labute approximate surface area is 128 Å². The lowest BCUT2D eigenvalue weighted by Crippen LogP contribution is -2.24. The molecule has 0 aliphatic heterocycles. The second-order valence-corrected chi connectivity index (χ2v) is 5.77. The molecule has 1 aromatic heterocycles. The lowest BCUT2D eigenvalue weighted by atomic mass is 9.82. The third-order valence-electron chi connectivity index (χ3n) is 4.42. The van der Waals surface area contributed by atoms with E-state index in [1.165, 1.54) is 11.1 Å². The first-order valence-corrected chi connectivity index (χ1v) is 7.64. The number of nitrogens with zero attached hydrogens (tertiary/aromatic N) is 1. The van der Waals surface area contributed by atoms with Crippen LogP contribution in [0.25, 0.3) is 10.9 Å². The van der Waals surface area contributed by atoms with Crippen LogP contribution in [0.5, 0.6) is 0 Å². The van der Waals surface area contributed by atoms with Crippen molar-refractivity contribution >= 4 is 22.5 Å². The quantitative estimate of drug-likeness (QED) is 0.757. The first-order valence-electron chi connectivity index (χ1n) is 7.64. The fraction of sp³-hybridized carbons (Fsp3) is 0.222. The largest absolute Gasteiger partial charge is 0.324 e. The molecule has 0 spiro atoms. The maximum Gasteiger partial charge on any atom is 0.231 e. The molecule has 4 heteroatoms. The first-order chi connectivity index (χ1) is 10.8. The number of aromatic nitrogens is 2. The van der Waals surface area contributed by atoms with Crippen molar-refractivity contribution < 1.29 is 4.79 Å². The minimum atomic E-state index is -0.0665. The van der Waals surface area contributed by atoms with E-state index in [1.807, 2.05) is 30.3 Å². The number of para-hydroxylation sites is 1. The number of rotatable bonds is 2. The number of aromatic amines is 1. The Morgan fingerprint density at radius 3 is 3.05 bits per heavy atom. The van der Waals surface area contributed by atoms with Crippen molar-refractivity contribution in [3.63, 3.8) is 0 Å². The molecule has 2 aromatic carbocycles. The molecule has 1 aliphatic rings. The standard InChI is InChI=1S/C18H17N3O/c22-18(15-9-3-6-12-5-1-2-8-14(12)15)20-16-10-4-7-13-11-19-21-17(13)16/h1-2,4-5,7-8,10-11,15H,3,6,9H2,(H,19,21)(H,20,22). The minimum absolute atomic E-state index is 0.0641. The predicted octanol–water partition coefficient (Wildman–Crippen LogP) is 3.62. The predicted molar refractivity (Wildman–Crippen MR) is 86.8 cm³/mol. The molecule has 0 bridgehead atoms. The van der Waals surface area contributed by atoms with E-state index >= 15 is 0 Å². The third kappa shape index (κ3) is 2.17. The molecule has 0 radical (unpaired) electrons. The Balaban J connectivity index is 1.65. The molecule has 22 heavy (non-hydrogen) atoms. The molecule has 0 saturated heterocycles. The van der Waals surface area contributed by atoms with Crippen LogP contribution in [0.2, 0.25) is 0 Å². The Bertz CT molecular complexity index is 837.